The average Bonchev–Trinajstić information content (AvgIpc) is 3.00. The molecule has 4 aromatic carbocycles. The standard InChI is InChI=1S/C33H34FNO5S/c1-38-29-13-9-25(10-14-29)33(24-7-5-4-6-8-24,26-11-15-30(39-2)16-12-26)40-22-23-19-27(34)21-28(20-23)35-31(32(36)37)17-18-41-3/h4-16,19-21,31,35H,17-18,22H2,1-3H3,(H,36,37)/t31-/m0/s1. The lowest BCUT2D eigenvalue weighted by atomic mass is 9.80. The van der Waals surface area contributed by atoms with Crippen molar-refractivity contribution in [3.63, 3.8) is 0 Å². The Morgan fingerprint density at radius 2 is 1.44 bits per heavy atom. The summed E-state index contributed by atoms with van der Waals surface area (Å²) in [6.07, 6.45) is 2.33. The van der Waals surface area contributed by atoms with E-state index < -0.39 is 23.4 Å². The van der Waals surface area contributed by atoms with E-state index in [9.17, 15) is 14.3 Å². The number of halogens is 1. The van der Waals surface area contributed by atoms with E-state index in [4.69, 9.17) is 14.2 Å². The summed E-state index contributed by atoms with van der Waals surface area (Å²) in [5.74, 6) is 0.616. The molecule has 6 nitrogen and oxygen atoms in total. The molecule has 41 heavy (non-hydrogen) atoms. The van der Waals surface area contributed by atoms with Crippen molar-refractivity contribution in [1.82, 2.24) is 0 Å². The van der Waals surface area contributed by atoms with E-state index in [2.05, 4.69) is 5.32 Å². The predicted octanol–water partition coefficient (Wildman–Crippen LogP) is 6.97. The Morgan fingerprint density at radius 3 is 1.95 bits per heavy atom. The lowest BCUT2D eigenvalue weighted by molar-refractivity contribution is -0.137. The monoisotopic (exact) mass is 575 g/mol. The number of hydrogen-bond acceptors (Lipinski definition) is 6. The molecule has 4 aromatic rings. The van der Waals surface area contributed by atoms with Crippen LogP contribution in [0.2, 0.25) is 0 Å². The maximum atomic E-state index is 14.8. The largest absolute Gasteiger partial charge is 0.497 e. The smallest absolute Gasteiger partial charge is 0.326 e. The number of benzene rings is 4. The zero-order valence-electron chi connectivity index (χ0n) is 23.3. The predicted molar refractivity (Wildman–Crippen MR) is 162 cm³/mol. The number of ether oxygens (including phenoxy) is 3. The number of carboxylic acid groups (broad SMARTS) is 1. The topological polar surface area (TPSA) is 77.0 Å². The molecular formula is C33H34FNO5S. The van der Waals surface area contributed by atoms with Crippen molar-refractivity contribution in [2.75, 3.05) is 31.5 Å². The van der Waals surface area contributed by atoms with E-state index in [-0.39, 0.29) is 6.61 Å². The summed E-state index contributed by atoms with van der Waals surface area (Å²) in [7, 11) is 3.23. The molecule has 8 heteroatoms. The number of thioether (sulfide) groups is 1. The number of carboxylic acids is 1. The van der Waals surface area contributed by atoms with Crippen molar-refractivity contribution in [2.24, 2.45) is 0 Å². The average molecular weight is 576 g/mol. The van der Waals surface area contributed by atoms with E-state index in [0.29, 0.717) is 34.9 Å². The second-order valence-electron chi connectivity index (χ2n) is 9.46. The van der Waals surface area contributed by atoms with Gasteiger partial charge in [0.1, 0.15) is 29.0 Å². The summed E-state index contributed by atoms with van der Waals surface area (Å²) in [6.45, 7) is 0.0436. The fraction of sp³-hybridized carbons (Fsp3) is 0.242. The summed E-state index contributed by atoms with van der Waals surface area (Å²) in [4.78, 5) is 11.8. The Balaban J connectivity index is 1.77. The highest BCUT2D eigenvalue weighted by atomic mass is 32.2. The number of carbonyl (C=O) groups is 1. The molecule has 0 aromatic heterocycles. The molecule has 0 aliphatic rings. The summed E-state index contributed by atoms with van der Waals surface area (Å²) >= 11 is 1.56. The van der Waals surface area contributed by atoms with E-state index in [1.165, 1.54) is 12.1 Å². The first kappa shape index (κ1) is 30.0. The van der Waals surface area contributed by atoms with Crippen LogP contribution in [0.4, 0.5) is 10.1 Å². The van der Waals surface area contributed by atoms with Gasteiger partial charge in [-0.1, -0.05) is 54.6 Å². The molecule has 0 heterocycles. The van der Waals surface area contributed by atoms with Crippen LogP contribution in [0.3, 0.4) is 0 Å². The Hall–Kier alpha value is -4.01. The first-order valence-corrected chi connectivity index (χ1v) is 14.5. The Morgan fingerprint density at radius 1 is 0.878 bits per heavy atom. The van der Waals surface area contributed by atoms with Gasteiger partial charge in [0.15, 0.2) is 0 Å². The van der Waals surface area contributed by atoms with Crippen molar-refractivity contribution >= 4 is 23.4 Å². The fourth-order valence-corrected chi connectivity index (χ4v) is 5.25. The van der Waals surface area contributed by atoms with Gasteiger partial charge < -0.3 is 24.6 Å². The molecule has 4 rings (SSSR count). The molecule has 0 spiro atoms. The number of rotatable bonds is 14. The second kappa shape index (κ2) is 14.1. The number of methoxy groups -OCH3 is 2. The van der Waals surface area contributed by atoms with Gasteiger partial charge in [-0.15, -0.1) is 0 Å². The molecule has 0 bridgehead atoms. The van der Waals surface area contributed by atoms with E-state index in [1.54, 1.807) is 32.0 Å². The summed E-state index contributed by atoms with van der Waals surface area (Å²) in [5, 5.41) is 12.6. The number of anilines is 1. The molecule has 0 fully saturated rings. The maximum Gasteiger partial charge on any atom is 0.326 e. The molecule has 0 saturated carbocycles. The van der Waals surface area contributed by atoms with Crippen LogP contribution in [-0.2, 0) is 21.7 Å². The van der Waals surface area contributed by atoms with Crippen molar-refractivity contribution in [3.8, 4) is 11.5 Å². The Labute approximate surface area is 244 Å². The van der Waals surface area contributed by atoms with Gasteiger partial charge in [-0.3, -0.25) is 0 Å². The van der Waals surface area contributed by atoms with Gasteiger partial charge in [-0.05, 0) is 83.1 Å². The Kier molecular flexibility index (Phi) is 10.3. The third-order valence-electron chi connectivity index (χ3n) is 6.84. The molecule has 0 saturated heterocycles. The molecule has 0 unspecified atom stereocenters. The minimum Gasteiger partial charge on any atom is -0.497 e. The maximum absolute atomic E-state index is 14.8. The van der Waals surface area contributed by atoms with E-state index in [1.807, 2.05) is 85.1 Å². The van der Waals surface area contributed by atoms with Gasteiger partial charge in [-0.25, -0.2) is 9.18 Å². The zero-order chi connectivity index (χ0) is 29.2. The van der Waals surface area contributed by atoms with Gasteiger partial charge in [0.25, 0.3) is 0 Å². The van der Waals surface area contributed by atoms with Crippen molar-refractivity contribution in [3.05, 3.63) is 125 Å². The summed E-state index contributed by atoms with van der Waals surface area (Å²) in [6, 6.07) is 28.8. The molecule has 1 atom stereocenters. The number of hydrogen-bond donors (Lipinski definition) is 2. The van der Waals surface area contributed by atoms with E-state index in [0.717, 1.165) is 16.7 Å². The van der Waals surface area contributed by atoms with Gasteiger partial charge >= 0.3 is 5.97 Å². The minimum atomic E-state index is -1.07. The summed E-state index contributed by atoms with van der Waals surface area (Å²) in [5.41, 5.74) is 2.47. The highest BCUT2D eigenvalue weighted by Crippen LogP contribution is 2.42. The van der Waals surface area contributed by atoms with Gasteiger partial charge in [0, 0.05) is 5.69 Å². The van der Waals surface area contributed by atoms with Gasteiger partial charge in [0.2, 0.25) is 0 Å². The van der Waals surface area contributed by atoms with E-state index >= 15 is 0 Å². The third-order valence-corrected chi connectivity index (χ3v) is 7.48. The zero-order valence-corrected chi connectivity index (χ0v) is 24.1. The summed E-state index contributed by atoms with van der Waals surface area (Å²) < 4.78 is 32.5. The Bertz CT molecular complexity index is 1370. The lowest BCUT2D eigenvalue weighted by Crippen LogP contribution is -2.33. The first-order valence-electron chi connectivity index (χ1n) is 13.2. The van der Waals surface area contributed by atoms with Crippen LogP contribution in [0.1, 0.15) is 28.7 Å². The van der Waals surface area contributed by atoms with Crippen LogP contribution in [0.15, 0.2) is 97.1 Å². The molecule has 0 amide bonds. The first-order chi connectivity index (χ1) is 19.9. The SMILES string of the molecule is COc1ccc(C(OCc2cc(F)cc(N[C@@H](CCSC)C(=O)O)c2)(c2ccccc2)c2ccc(OC)cc2)cc1. The fourth-order valence-electron chi connectivity index (χ4n) is 4.78. The van der Waals surface area contributed by atoms with Crippen LogP contribution in [0.5, 0.6) is 11.5 Å². The molecule has 214 valence electrons. The molecule has 0 radical (unpaired) electrons. The number of aliphatic carboxylic acids is 1. The van der Waals surface area contributed by atoms with Crippen molar-refractivity contribution < 1.29 is 28.5 Å². The lowest BCUT2D eigenvalue weighted by Gasteiger charge is -2.36. The molecule has 0 aliphatic carbocycles. The van der Waals surface area contributed by atoms with Crippen LogP contribution < -0.4 is 14.8 Å². The number of nitrogens with one attached hydrogen (secondary N) is 1. The molecular weight excluding hydrogens is 541 g/mol. The third kappa shape index (κ3) is 7.20. The van der Waals surface area contributed by atoms with Gasteiger partial charge in [-0.2, -0.15) is 11.8 Å². The second-order valence-corrected chi connectivity index (χ2v) is 10.4. The van der Waals surface area contributed by atoms with Crippen LogP contribution in [0.25, 0.3) is 0 Å². The molecule has 2 N–H and O–H groups in total. The van der Waals surface area contributed by atoms with Crippen LogP contribution >= 0.6 is 11.8 Å². The quantitative estimate of drug-likeness (QED) is 0.157. The minimum absolute atomic E-state index is 0.0436. The van der Waals surface area contributed by atoms with Crippen LogP contribution in [-0.4, -0.2) is 43.3 Å². The van der Waals surface area contributed by atoms with Crippen LogP contribution in [0, 0.1) is 5.82 Å². The van der Waals surface area contributed by atoms with Crippen molar-refractivity contribution in [1.29, 1.82) is 0 Å². The molecule has 0 aliphatic heterocycles. The van der Waals surface area contributed by atoms with Gasteiger partial charge in [0.05, 0.1) is 20.8 Å². The highest BCUT2D eigenvalue weighted by Gasteiger charge is 2.38. The normalized spacial score (nSPS) is 12.0. The van der Waals surface area contributed by atoms with Crippen molar-refractivity contribution in [2.45, 2.75) is 24.7 Å². The highest BCUT2D eigenvalue weighted by molar-refractivity contribution is 7.98.